The molecule has 0 aromatic carbocycles. The van der Waals surface area contributed by atoms with Crippen LogP contribution < -0.4 is 5.32 Å². The summed E-state index contributed by atoms with van der Waals surface area (Å²) in [5.74, 6) is 0. The van der Waals surface area contributed by atoms with Gasteiger partial charge in [0.05, 0.1) is 24.1 Å². The van der Waals surface area contributed by atoms with Crippen molar-refractivity contribution in [3.05, 3.63) is 29.6 Å². The molecule has 17 heavy (non-hydrogen) atoms. The fourth-order valence-corrected chi connectivity index (χ4v) is 2.16. The molecule has 94 valence electrons. The molecule has 1 atom stereocenters. The number of hydrogen-bond donors (Lipinski definition) is 1. The molecule has 0 saturated carbocycles. The highest BCUT2D eigenvalue weighted by Crippen LogP contribution is 2.09. The Morgan fingerprint density at radius 1 is 1.47 bits per heavy atom. The number of rotatable bonds is 4. The Morgan fingerprint density at radius 2 is 2.29 bits per heavy atom. The van der Waals surface area contributed by atoms with Gasteiger partial charge in [-0.15, -0.1) is 0 Å². The Balaban J connectivity index is 1.95. The molecule has 1 saturated heterocycles. The Kier molecular flexibility index (Phi) is 4.48. The molecule has 2 heterocycles. The summed E-state index contributed by atoms with van der Waals surface area (Å²) in [5.41, 5.74) is 2.25. The van der Waals surface area contributed by atoms with Gasteiger partial charge in [-0.25, -0.2) is 0 Å². The lowest BCUT2D eigenvalue weighted by atomic mass is 10.2. The molecule has 0 aliphatic carbocycles. The molecule has 1 fully saturated rings. The van der Waals surface area contributed by atoms with E-state index in [-0.39, 0.29) is 0 Å². The van der Waals surface area contributed by atoms with E-state index in [1.165, 1.54) is 0 Å². The van der Waals surface area contributed by atoms with Crippen LogP contribution in [0, 0.1) is 0 Å². The van der Waals surface area contributed by atoms with E-state index in [1.807, 2.05) is 7.05 Å². The third-order valence-corrected chi connectivity index (χ3v) is 2.93. The van der Waals surface area contributed by atoms with Gasteiger partial charge in [0.15, 0.2) is 0 Å². The van der Waals surface area contributed by atoms with Gasteiger partial charge in [-0.05, 0) is 26.1 Å². The topological polar surface area (TPSA) is 37.4 Å². The summed E-state index contributed by atoms with van der Waals surface area (Å²) in [4.78, 5) is 7.04. The van der Waals surface area contributed by atoms with Crippen molar-refractivity contribution in [1.29, 1.82) is 0 Å². The van der Waals surface area contributed by atoms with Gasteiger partial charge in [-0.3, -0.25) is 9.88 Å². The summed E-state index contributed by atoms with van der Waals surface area (Å²) >= 11 is 0. The van der Waals surface area contributed by atoms with E-state index in [9.17, 15) is 0 Å². The highest BCUT2D eigenvalue weighted by atomic mass is 16.5. The Hall–Kier alpha value is -0.970. The molecule has 1 unspecified atom stereocenters. The largest absolute Gasteiger partial charge is 0.376 e. The van der Waals surface area contributed by atoms with Gasteiger partial charge < -0.3 is 10.1 Å². The SMILES string of the molecule is CNCc1cccc(CN2CCOC(C)C2)n1. The second-order valence-electron chi connectivity index (χ2n) is 4.57. The van der Waals surface area contributed by atoms with Gasteiger partial charge in [0.25, 0.3) is 0 Å². The standard InChI is InChI=1S/C13H21N3O/c1-11-9-16(6-7-17-11)10-13-5-3-4-12(15-13)8-14-2/h3-5,11,14H,6-10H2,1-2H3. The Bertz CT molecular complexity index is 356. The maximum Gasteiger partial charge on any atom is 0.0674 e. The molecule has 0 spiro atoms. The van der Waals surface area contributed by atoms with Gasteiger partial charge in [0.2, 0.25) is 0 Å². The first-order valence-corrected chi connectivity index (χ1v) is 6.21. The van der Waals surface area contributed by atoms with Crippen molar-refractivity contribution in [2.45, 2.75) is 26.1 Å². The van der Waals surface area contributed by atoms with Crippen LogP contribution in [0.25, 0.3) is 0 Å². The third-order valence-electron chi connectivity index (χ3n) is 2.93. The van der Waals surface area contributed by atoms with E-state index in [4.69, 9.17) is 4.74 Å². The minimum absolute atomic E-state index is 0.337. The molecule has 1 aromatic rings. The van der Waals surface area contributed by atoms with Crippen LogP contribution in [0.3, 0.4) is 0 Å². The fourth-order valence-electron chi connectivity index (χ4n) is 2.16. The van der Waals surface area contributed by atoms with E-state index in [1.54, 1.807) is 0 Å². The number of pyridine rings is 1. The number of ether oxygens (including phenoxy) is 1. The normalized spacial score (nSPS) is 21.6. The molecule has 0 radical (unpaired) electrons. The van der Waals surface area contributed by atoms with Crippen LogP contribution in [0.1, 0.15) is 18.3 Å². The van der Waals surface area contributed by atoms with Crippen molar-refractivity contribution in [2.75, 3.05) is 26.7 Å². The highest BCUT2D eigenvalue weighted by Gasteiger charge is 2.16. The zero-order valence-corrected chi connectivity index (χ0v) is 10.6. The maximum absolute atomic E-state index is 5.54. The van der Waals surface area contributed by atoms with Gasteiger partial charge in [-0.1, -0.05) is 6.07 Å². The second-order valence-corrected chi connectivity index (χ2v) is 4.57. The van der Waals surface area contributed by atoms with E-state index in [0.717, 1.165) is 44.2 Å². The summed E-state index contributed by atoms with van der Waals surface area (Å²) in [6.45, 7) is 6.70. The monoisotopic (exact) mass is 235 g/mol. The van der Waals surface area contributed by atoms with E-state index >= 15 is 0 Å². The number of nitrogens with one attached hydrogen (secondary N) is 1. The number of nitrogens with zero attached hydrogens (tertiary/aromatic N) is 2. The molecule has 1 aliphatic rings. The van der Waals surface area contributed by atoms with Gasteiger partial charge in [-0.2, -0.15) is 0 Å². The number of aromatic nitrogens is 1. The lowest BCUT2D eigenvalue weighted by molar-refractivity contribution is -0.0216. The minimum Gasteiger partial charge on any atom is -0.376 e. The predicted molar refractivity (Wildman–Crippen MR) is 67.7 cm³/mol. The first kappa shape index (κ1) is 12.5. The zero-order chi connectivity index (χ0) is 12.1. The van der Waals surface area contributed by atoms with Crippen LogP contribution >= 0.6 is 0 Å². The van der Waals surface area contributed by atoms with Crippen LogP contribution in [-0.4, -0.2) is 42.7 Å². The van der Waals surface area contributed by atoms with Crippen molar-refractivity contribution < 1.29 is 4.74 Å². The van der Waals surface area contributed by atoms with Gasteiger partial charge >= 0.3 is 0 Å². The van der Waals surface area contributed by atoms with Crippen LogP contribution in [0.15, 0.2) is 18.2 Å². The highest BCUT2D eigenvalue weighted by molar-refractivity contribution is 5.11. The minimum atomic E-state index is 0.337. The maximum atomic E-state index is 5.54. The lowest BCUT2D eigenvalue weighted by Gasteiger charge is -2.30. The molecule has 1 aromatic heterocycles. The average Bonchev–Trinajstić information content (AvgIpc) is 2.30. The zero-order valence-electron chi connectivity index (χ0n) is 10.6. The smallest absolute Gasteiger partial charge is 0.0674 e. The van der Waals surface area contributed by atoms with Crippen LogP contribution in [-0.2, 0) is 17.8 Å². The van der Waals surface area contributed by atoms with Crippen LogP contribution in [0.4, 0.5) is 0 Å². The van der Waals surface area contributed by atoms with E-state index in [2.05, 4.69) is 40.3 Å². The van der Waals surface area contributed by atoms with Crippen molar-refractivity contribution in [3.63, 3.8) is 0 Å². The molecular formula is C13H21N3O. The Morgan fingerprint density at radius 3 is 3.06 bits per heavy atom. The number of morpholine rings is 1. The van der Waals surface area contributed by atoms with Gasteiger partial charge in [0, 0.05) is 26.2 Å². The molecule has 0 amide bonds. The first-order chi connectivity index (χ1) is 8.28. The molecular weight excluding hydrogens is 214 g/mol. The summed E-state index contributed by atoms with van der Waals surface area (Å²) in [5, 5.41) is 3.13. The molecule has 1 N–H and O–H groups in total. The third kappa shape index (κ3) is 3.77. The van der Waals surface area contributed by atoms with Crippen molar-refractivity contribution in [2.24, 2.45) is 0 Å². The summed E-state index contributed by atoms with van der Waals surface area (Å²) < 4.78 is 5.54. The second kappa shape index (κ2) is 6.10. The molecule has 2 rings (SSSR count). The summed E-state index contributed by atoms with van der Waals surface area (Å²) in [6, 6.07) is 6.24. The fraction of sp³-hybridized carbons (Fsp3) is 0.615. The molecule has 4 heteroatoms. The van der Waals surface area contributed by atoms with Crippen LogP contribution in [0.5, 0.6) is 0 Å². The van der Waals surface area contributed by atoms with Crippen molar-refractivity contribution in [3.8, 4) is 0 Å². The van der Waals surface area contributed by atoms with Crippen molar-refractivity contribution in [1.82, 2.24) is 15.2 Å². The van der Waals surface area contributed by atoms with Crippen LogP contribution in [0.2, 0.25) is 0 Å². The summed E-state index contributed by atoms with van der Waals surface area (Å²) in [6.07, 6.45) is 0.337. The first-order valence-electron chi connectivity index (χ1n) is 6.21. The predicted octanol–water partition coefficient (Wildman–Crippen LogP) is 1.02. The van der Waals surface area contributed by atoms with Crippen molar-refractivity contribution >= 4 is 0 Å². The average molecular weight is 235 g/mol. The van der Waals surface area contributed by atoms with E-state index < -0.39 is 0 Å². The molecule has 4 nitrogen and oxygen atoms in total. The number of hydrogen-bond acceptors (Lipinski definition) is 4. The quantitative estimate of drug-likeness (QED) is 0.845. The van der Waals surface area contributed by atoms with E-state index in [0.29, 0.717) is 6.10 Å². The Labute approximate surface area is 103 Å². The van der Waals surface area contributed by atoms with Gasteiger partial charge in [0.1, 0.15) is 0 Å². The molecule has 0 bridgehead atoms. The molecule has 1 aliphatic heterocycles. The summed E-state index contributed by atoms with van der Waals surface area (Å²) in [7, 11) is 1.94. The lowest BCUT2D eigenvalue weighted by Crippen LogP contribution is -2.40.